The Morgan fingerprint density at radius 3 is 2.48 bits per heavy atom. The highest BCUT2D eigenvalue weighted by Crippen LogP contribution is 2.23. The number of aromatic nitrogens is 2. The largest absolute Gasteiger partial charge is 0.494 e. The number of hydrogen-bond donors (Lipinski definition) is 1. The summed E-state index contributed by atoms with van der Waals surface area (Å²) < 4.78 is 36.8. The molecule has 0 aliphatic carbocycles. The zero-order chi connectivity index (χ0) is 19.8. The number of nitrogens with one attached hydrogen (secondary N) is 1. The molecule has 0 spiro atoms. The zero-order valence-electron chi connectivity index (χ0n) is 15.8. The molecule has 0 bridgehead atoms. The van der Waals surface area contributed by atoms with Gasteiger partial charge >= 0.3 is 5.69 Å². The van der Waals surface area contributed by atoms with Crippen LogP contribution in [0, 0.1) is 0 Å². The van der Waals surface area contributed by atoms with Crippen LogP contribution in [0.5, 0.6) is 5.75 Å². The van der Waals surface area contributed by atoms with Gasteiger partial charge in [0, 0.05) is 20.1 Å². The number of aryl methyl sites for hydroxylation is 2. The first kappa shape index (κ1) is 19.2. The lowest BCUT2D eigenvalue weighted by molar-refractivity contribution is 0.339. The van der Waals surface area contributed by atoms with Crippen molar-refractivity contribution in [2.45, 2.75) is 24.8 Å². The first-order valence-corrected chi connectivity index (χ1v) is 10.1. The van der Waals surface area contributed by atoms with Crippen LogP contribution in [0.1, 0.15) is 25.5 Å². The van der Waals surface area contributed by atoms with Crippen LogP contribution in [0.2, 0.25) is 0 Å². The molecule has 3 rings (SSSR count). The first-order valence-electron chi connectivity index (χ1n) is 8.65. The summed E-state index contributed by atoms with van der Waals surface area (Å²) in [6, 6.07) is 11.6. The van der Waals surface area contributed by atoms with Crippen LogP contribution in [0.4, 0.5) is 0 Å². The van der Waals surface area contributed by atoms with Crippen molar-refractivity contribution >= 4 is 21.1 Å². The molecule has 7 nitrogen and oxygen atoms in total. The molecule has 1 N–H and O–H groups in total. The summed E-state index contributed by atoms with van der Waals surface area (Å²) >= 11 is 0. The average Bonchev–Trinajstić information content (AvgIpc) is 2.86. The normalized spacial score (nSPS) is 13.0. The topological polar surface area (TPSA) is 82.3 Å². The second-order valence-electron chi connectivity index (χ2n) is 6.40. The molecule has 3 aromatic rings. The Bertz CT molecular complexity index is 1150. The van der Waals surface area contributed by atoms with E-state index in [1.54, 1.807) is 27.1 Å². The molecule has 0 amide bonds. The average molecular weight is 389 g/mol. The fourth-order valence-electron chi connectivity index (χ4n) is 3.06. The van der Waals surface area contributed by atoms with Gasteiger partial charge in [-0.3, -0.25) is 9.13 Å². The molecule has 8 heteroatoms. The second kappa shape index (κ2) is 7.21. The molecule has 0 saturated heterocycles. The lowest BCUT2D eigenvalue weighted by Crippen LogP contribution is -2.27. The number of fused-ring (bicyclic) bond motifs is 1. The van der Waals surface area contributed by atoms with Gasteiger partial charge in [-0.1, -0.05) is 12.1 Å². The standard InChI is InChI=1S/C19H23N3O4S/c1-5-26-15-8-6-7-14(11-15)13(2)20-27(24,25)16-9-10-17-18(12-16)22(4)19(23)21(17)3/h6-13,20H,5H2,1-4H3/t13-/m0/s1. The molecule has 27 heavy (non-hydrogen) atoms. The Morgan fingerprint density at radius 2 is 1.78 bits per heavy atom. The van der Waals surface area contributed by atoms with Crippen molar-refractivity contribution in [3.05, 3.63) is 58.5 Å². The molecule has 0 saturated carbocycles. The van der Waals surface area contributed by atoms with E-state index in [9.17, 15) is 13.2 Å². The minimum atomic E-state index is -3.76. The molecule has 1 aromatic heterocycles. The predicted octanol–water partition coefficient (Wildman–Crippen LogP) is 2.32. The van der Waals surface area contributed by atoms with Crippen LogP contribution in [-0.2, 0) is 24.1 Å². The summed E-state index contributed by atoms with van der Waals surface area (Å²) in [6.07, 6.45) is 0. The number of imidazole rings is 1. The van der Waals surface area contributed by atoms with Crippen LogP contribution in [0.15, 0.2) is 52.2 Å². The number of ether oxygens (including phenoxy) is 1. The third kappa shape index (κ3) is 3.63. The highest BCUT2D eigenvalue weighted by molar-refractivity contribution is 7.89. The van der Waals surface area contributed by atoms with E-state index in [4.69, 9.17) is 4.74 Å². The first-order chi connectivity index (χ1) is 12.7. The number of sulfonamides is 1. The van der Waals surface area contributed by atoms with E-state index in [0.717, 1.165) is 5.56 Å². The lowest BCUT2D eigenvalue weighted by atomic mass is 10.1. The highest BCUT2D eigenvalue weighted by Gasteiger charge is 2.20. The van der Waals surface area contributed by atoms with Gasteiger partial charge in [0.15, 0.2) is 0 Å². The van der Waals surface area contributed by atoms with Gasteiger partial charge in [-0.25, -0.2) is 17.9 Å². The van der Waals surface area contributed by atoms with Gasteiger partial charge in [0.25, 0.3) is 0 Å². The number of hydrogen-bond acceptors (Lipinski definition) is 4. The molecule has 144 valence electrons. The second-order valence-corrected chi connectivity index (χ2v) is 8.11. The summed E-state index contributed by atoms with van der Waals surface area (Å²) in [6.45, 7) is 4.21. The van der Waals surface area contributed by atoms with E-state index in [-0.39, 0.29) is 10.6 Å². The van der Waals surface area contributed by atoms with E-state index < -0.39 is 16.1 Å². The van der Waals surface area contributed by atoms with Crippen LogP contribution < -0.4 is 15.1 Å². The Balaban J connectivity index is 1.92. The van der Waals surface area contributed by atoms with Crippen LogP contribution in [-0.4, -0.2) is 24.2 Å². The van der Waals surface area contributed by atoms with Crippen LogP contribution in [0.25, 0.3) is 11.0 Å². The summed E-state index contributed by atoms with van der Waals surface area (Å²) in [5.41, 5.74) is 1.85. The highest BCUT2D eigenvalue weighted by atomic mass is 32.2. The Labute approximate surface area is 158 Å². The monoisotopic (exact) mass is 389 g/mol. The van der Waals surface area contributed by atoms with Crippen molar-refractivity contribution in [2.75, 3.05) is 6.61 Å². The molecule has 0 aliphatic heterocycles. The maximum absolute atomic E-state index is 12.8. The van der Waals surface area contributed by atoms with Gasteiger partial charge in [0.1, 0.15) is 5.75 Å². The van der Waals surface area contributed by atoms with Crippen LogP contribution >= 0.6 is 0 Å². The van der Waals surface area contributed by atoms with Crippen molar-refractivity contribution in [1.82, 2.24) is 13.9 Å². The minimum absolute atomic E-state index is 0.115. The Morgan fingerprint density at radius 1 is 1.07 bits per heavy atom. The van der Waals surface area contributed by atoms with Crippen molar-refractivity contribution in [3.8, 4) is 5.75 Å². The van der Waals surface area contributed by atoms with Gasteiger partial charge in [-0.05, 0) is 49.7 Å². The molecule has 2 aromatic carbocycles. The number of benzene rings is 2. The molecule has 0 unspecified atom stereocenters. The minimum Gasteiger partial charge on any atom is -0.494 e. The maximum atomic E-state index is 12.8. The summed E-state index contributed by atoms with van der Waals surface area (Å²) in [4.78, 5) is 12.2. The van der Waals surface area contributed by atoms with E-state index in [2.05, 4.69) is 4.72 Å². The third-order valence-electron chi connectivity index (χ3n) is 4.55. The van der Waals surface area contributed by atoms with E-state index in [1.165, 1.54) is 21.3 Å². The molecule has 1 atom stereocenters. The van der Waals surface area contributed by atoms with E-state index in [0.29, 0.717) is 23.4 Å². The predicted molar refractivity (Wildman–Crippen MR) is 105 cm³/mol. The third-order valence-corrected chi connectivity index (χ3v) is 6.09. The lowest BCUT2D eigenvalue weighted by Gasteiger charge is -2.16. The molecule has 0 radical (unpaired) electrons. The number of nitrogens with zero attached hydrogens (tertiary/aromatic N) is 2. The Kier molecular flexibility index (Phi) is 5.12. The maximum Gasteiger partial charge on any atom is 0.328 e. The smallest absolute Gasteiger partial charge is 0.328 e. The van der Waals surface area contributed by atoms with Gasteiger partial charge in [-0.15, -0.1) is 0 Å². The molecular weight excluding hydrogens is 366 g/mol. The number of rotatable bonds is 6. The summed E-state index contributed by atoms with van der Waals surface area (Å²) in [5.74, 6) is 0.696. The van der Waals surface area contributed by atoms with Crippen LogP contribution in [0.3, 0.4) is 0 Å². The molecule has 0 fully saturated rings. The van der Waals surface area contributed by atoms with Crippen molar-refractivity contribution < 1.29 is 13.2 Å². The fraction of sp³-hybridized carbons (Fsp3) is 0.316. The SMILES string of the molecule is CCOc1cccc([C@H](C)NS(=O)(=O)c2ccc3c(c2)n(C)c(=O)n3C)c1. The molecule has 0 aliphatic rings. The molecule has 1 heterocycles. The fourth-order valence-corrected chi connectivity index (χ4v) is 4.31. The van der Waals surface area contributed by atoms with E-state index >= 15 is 0 Å². The van der Waals surface area contributed by atoms with Gasteiger partial charge in [0.05, 0.1) is 22.5 Å². The van der Waals surface area contributed by atoms with Crippen molar-refractivity contribution in [3.63, 3.8) is 0 Å². The van der Waals surface area contributed by atoms with Gasteiger partial charge in [-0.2, -0.15) is 0 Å². The molecular formula is C19H23N3O4S. The summed E-state index contributed by atoms with van der Waals surface area (Å²) in [7, 11) is -0.481. The van der Waals surface area contributed by atoms with E-state index in [1.807, 2.05) is 31.2 Å². The Hall–Kier alpha value is -2.58. The van der Waals surface area contributed by atoms with Crippen molar-refractivity contribution in [2.24, 2.45) is 14.1 Å². The quantitative estimate of drug-likeness (QED) is 0.701. The van der Waals surface area contributed by atoms with Gasteiger partial charge < -0.3 is 4.74 Å². The zero-order valence-corrected chi connectivity index (χ0v) is 16.6. The van der Waals surface area contributed by atoms with Gasteiger partial charge in [0.2, 0.25) is 10.0 Å². The summed E-state index contributed by atoms with van der Waals surface area (Å²) in [5, 5.41) is 0. The van der Waals surface area contributed by atoms with Crippen molar-refractivity contribution in [1.29, 1.82) is 0 Å².